The highest BCUT2D eigenvalue weighted by atomic mass is 16.6. The highest BCUT2D eigenvalue weighted by Crippen LogP contribution is 2.09. The van der Waals surface area contributed by atoms with Crippen LogP contribution in [0.5, 0.6) is 0 Å². The summed E-state index contributed by atoms with van der Waals surface area (Å²) in [7, 11) is 0. The number of ether oxygens (including phenoxy) is 2. The largest absolute Gasteiger partial charge is 0.459 e. The van der Waals surface area contributed by atoms with Gasteiger partial charge in [0.05, 0.1) is 0 Å². The van der Waals surface area contributed by atoms with E-state index in [-0.39, 0.29) is 13.2 Å². The number of hydrogen-bond donors (Lipinski definition) is 0. The van der Waals surface area contributed by atoms with E-state index in [0.717, 1.165) is 5.56 Å². The van der Waals surface area contributed by atoms with Crippen molar-refractivity contribution < 1.29 is 19.1 Å². The van der Waals surface area contributed by atoms with Gasteiger partial charge < -0.3 is 9.47 Å². The summed E-state index contributed by atoms with van der Waals surface area (Å²) in [6.45, 7) is 5.90. The second kappa shape index (κ2) is 11.0. The van der Waals surface area contributed by atoms with Crippen LogP contribution in [0.25, 0.3) is 10.4 Å². The second-order valence-corrected chi connectivity index (χ2v) is 6.71. The van der Waals surface area contributed by atoms with E-state index in [0.29, 0.717) is 25.9 Å². The number of benzene rings is 1. The topological polar surface area (TPSA) is 105 Å². The number of carbonyl (C=O) groups is 2. The molecule has 0 atom stereocenters. The molecule has 0 aliphatic carbocycles. The third kappa shape index (κ3) is 9.54. The number of esters is 1. The van der Waals surface area contributed by atoms with Gasteiger partial charge in [-0.25, -0.2) is 4.79 Å². The molecule has 0 heterocycles. The molecule has 0 unspecified atom stereocenters. The van der Waals surface area contributed by atoms with Crippen molar-refractivity contribution in [3.63, 3.8) is 0 Å². The van der Waals surface area contributed by atoms with Gasteiger partial charge in [0, 0.05) is 18.0 Å². The quantitative estimate of drug-likeness (QED) is 0.217. The summed E-state index contributed by atoms with van der Waals surface area (Å²) in [5.74, 6) is -0.496. The summed E-state index contributed by atoms with van der Waals surface area (Å²) in [5, 5.41) is 3.45. The molecule has 0 saturated heterocycles. The molecular weight excluding hydrogens is 336 g/mol. The predicted octanol–water partition coefficient (Wildman–Crippen LogP) is 4.06. The van der Waals surface area contributed by atoms with Gasteiger partial charge in [-0.05, 0) is 44.7 Å². The Kier molecular flexibility index (Phi) is 9.01. The molecule has 0 fully saturated rings. The summed E-state index contributed by atoms with van der Waals surface area (Å²) < 4.78 is 10.6. The van der Waals surface area contributed by atoms with Crippen LogP contribution >= 0.6 is 0 Å². The first-order valence-corrected chi connectivity index (χ1v) is 8.50. The lowest BCUT2D eigenvalue weighted by atomic mass is 10.2. The molecule has 0 aromatic heterocycles. The minimum absolute atomic E-state index is 0.128. The van der Waals surface area contributed by atoms with Gasteiger partial charge in [-0.3, -0.25) is 9.69 Å². The fraction of sp³-hybridized carbons (Fsp3) is 0.556. The summed E-state index contributed by atoms with van der Waals surface area (Å²) >= 11 is 0. The average Bonchev–Trinajstić information content (AvgIpc) is 2.57. The molecule has 142 valence electrons. The van der Waals surface area contributed by atoms with Gasteiger partial charge in [-0.1, -0.05) is 35.4 Å². The molecule has 8 heteroatoms. The van der Waals surface area contributed by atoms with Gasteiger partial charge in [0.2, 0.25) is 0 Å². The number of unbranched alkanes of at least 4 members (excludes halogenated alkanes) is 1. The predicted molar refractivity (Wildman–Crippen MR) is 97.3 cm³/mol. The van der Waals surface area contributed by atoms with Gasteiger partial charge in [0.25, 0.3) is 0 Å². The lowest BCUT2D eigenvalue weighted by Crippen LogP contribution is -2.39. The number of hydrogen-bond acceptors (Lipinski definition) is 5. The molecular formula is C18H26N4O4. The summed E-state index contributed by atoms with van der Waals surface area (Å²) in [6, 6.07) is 9.30. The molecule has 0 saturated carbocycles. The summed E-state index contributed by atoms with van der Waals surface area (Å²) in [6.07, 6.45) is 0.617. The lowest BCUT2D eigenvalue weighted by molar-refractivity contribution is -0.155. The normalized spacial score (nSPS) is 10.6. The van der Waals surface area contributed by atoms with Gasteiger partial charge in [-0.15, -0.1) is 0 Å². The number of carbonyl (C=O) groups excluding carboxylic acids is 2. The SMILES string of the molecule is CC(C)(C)OC(=O)CN(CCCCN=[N+]=[N-])C(=O)OCc1ccccc1. The summed E-state index contributed by atoms with van der Waals surface area (Å²) in [4.78, 5) is 28.4. The monoisotopic (exact) mass is 362 g/mol. The van der Waals surface area contributed by atoms with E-state index in [1.165, 1.54) is 4.90 Å². The van der Waals surface area contributed by atoms with Crippen LogP contribution in [0.4, 0.5) is 4.79 Å². The molecule has 1 amide bonds. The molecule has 1 aromatic carbocycles. The third-order valence-electron chi connectivity index (χ3n) is 3.20. The van der Waals surface area contributed by atoms with Crippen molar-refractivity contribution in [3.05, 3.63) is 46.3 Å². The zero-order valence-electron chi connectivity index (χ0n) is 15.6. The van der Waals surface area contributed by atoms with E-state index in [1.54, 1.807) is 20.8 Å². The number of nitrogens with zero attached hydrogens (tertiary/aromatic N) is 4. The number of rotatable bonds is 9. The van der Waals surface area contributed by atoms with Crippen molar-refractivity contribution in [3.8, 4) is 0 Å². The number of azide groups is 1. The van der Waals surface area contributed by atoms with E-state index >= 15 is 0 Å². The fourth-order valence-electron chi connectivity index (χ4n) is 2.11. The third-order valence-corrected chi connectivity index (χ3v) is 3.20. The Hall–Kier alpha value is -2.73. The van der Waals surface area contributed by atoms with Crippen LogP contribution in [0.3, 0.4) is 0 Å². The molecule has 0 spiro atoms. The maximum Gasteiger partial charge on any atom is 0.410 e. The van der Waals surface area contributed by atoms with Gasteiger partial charge in [0.1, 0.15) is 18.8 Å². The van der Waals surface area contributed by atoms with Crippen molar-refractivity contribution in [2.24, 2.45) is 5.11 Å². The van der Waals surface area contributed by atoms with Crippen molar-refractivity contribution in [1.82, 2.24) is 4.90 Å². The van der Waals surface area contributed by atoms with Crippen molar-refractivity contribution in [2.75, 3.05) is 19.6 Å². The number of amides is 1. The van der Waals surface area contributed by atoms with Crippen LogP contribution in [0, 0.1) is 0 Å². The van der Waals surface area contributed by atoms with Gasteiger partial charge in [0.15, 0.2) is 0 Å². The molecule has 0 aliphatic rings. The Labute approximate surface area is 153 Å². The minimum Gasteiger partial charge on any atom is -0.459 e. The smallest absolute Gasteiger partial charge is 0.410 e. The molecule has 0 bridgehead atoms. The highest BCUT2D eigenvalue weighted by molar-refractivity contribution is 5.78. The Morgan fingerprint density at radius 3 is 2.50 bits per heavy atom. The first-order chi connectivity index (χ1) is 12.3. The van der Waals surface area contributed by atoms with E-state index < -0.39 is 17.7 Å². The standard InChI is InChI=1S/C18H26N4O4/c1-18(2,3)26-16(23)13-22(12-8-7-11-20-21-19)17(24)25-14-15-9-5-4-6-10-15/h4-6,9-10H,7-8,11-14H2,1-3H3. The molecule has 8 nitrogen and oxygen atoms in total. The highest BCUT2D eigenvalue weighted by Gasteiger charge is 2.22. The molecule has 26 heavy (non-hydrogen) atoms. The van der Waals surface area contributed by atoms with E-state index in [2.05, 4.69) is 10.0 Å². The maximum atomic E-state index is 12.4. The van der Waals surface area contributed by atoms with E-state index in [4.69, 9.17) is 15.0 Å². The van der Waals surface area contributed by atoms with E-state index in [1.807, 2.05) is 30.3 Å². The van der Waals surface area contributed by atoms with Crippen molar-refractivity contribution >= 4 is 12.1 Å². The average molecular weight is 362 g/mol. The Balaban J connectivity index is 2.60. The molecule has 1 rings (SSSR count). The van der Waals surface area contributed by atoms with Crippen LogP contribution in [-0.2, 0) is 20.9 Å². The van der Waals surface area contributed by atoms with Crippen LogP contribution in [0.1, 0.15) is 39.2 Å². The Bertz CT molecular complexity index is 622. The fourth-order valence-corrected chi connectivity index (χ4v) is 2.11. The van der Waals surface area contributed by atoms with Crippen LogP contribution in [-0.4, -0.2) is 42.2 Å². The minimum atomic E-state index is -0.627. The zero-order valence-corrected chi connectivity index (χ0v) is 15.6. The van der Waals surface area contributed by atoms with Crippen LogP contribution < -0.4 is 0 Å². The molecule has 1 aromatic rings. The van der Waals surface area contributed by atoms with Gasteiger partial charge in [-0.2, -0.15) is 0 Å². The van der Waals surface area contributed by atoms with Crippen molar-refractivity contribution in [2.45, 2.75) is 45.8 Å². The van der Waals surface area contributed by atoms with Gasteiger partial charge >= 0.3 is 12.1 Å². The van der Waals surface area contributed by atoms with Crippen LogP contribution in [0.2, 0.25) is 0 Å². The van der Waals surface area contributed by atoms with E-state index in [9.17, 15) is 9.59 Å². The molecule has 0 aliphatic heterocycles. The van der Waals surface area contributed by atoms with Crippen LogP contribution in [0.15, 0.2) is 35.4 Å². The maximum absolute atomic E-state index is 12.4. The first kappa shape index (κ1) is 21.3. The Morgan fingerprint density at radius 2 is 1.88 bits per heavy atom. The summed E-state index contributed by atoms with van der Waals surface area (Å²) in [5.41, 5.74) is 8.52. The molecule has 0 N–H and O–H groups in total. The first-order valence-electron chi connectivity index (χ1n) is 8.50. The molecule has 0 radical (unpaired) electrons. The Morgan fingerprint density at radius 1 is 1.19 bits per heavy atom. The lowest BCUT2D eigenvalue weighted by Gasteiger charge is -2.24. The second-order valence-electron chi connectivity index (χ2n) is 6.71. The zero-order chi connectivity index (χ0) is 19.4. The van der Waals surface area contributed by atoms with Crippen molar-refractivity contribution in [1.29, 1.82) is 0 Å².